The second-order valence-electron chi connectivity index (χ2n) is 3.75. The monoisotopic (exact) mass is 272 g/mol. The van der Waals surface area contributed by atoms with Gasteiger partial charge < -0.3 is 0 Å². The fourth-order valence-corrected chi connectivity index (χ4v) is 1.89. The second kappa shape index (κ2) is 5.45. The van der Waals surface area contributed by atoms with Gasteiger partial charge in [-0.05, 0) is 28.8 Å². The molecule has 1 aromatic rings. The number of halogens is 1. The largest absolute Gasteiger partial charge is 0.296 e. The van der Waals surface area contributed by atoms with E-state index in [2.05, 4.69) is 34.8 Å². The van der Waals surface area contributed by atoms with Crippen LogP contribution in [-0.4, -0.2) is 9.55 Å². The van der Waals surface area contributed by atoms with E-state index >= 15 is 0 Å². The molecule has 0 N–H and O–H groups in total. The third kappa shape index (κ3) is 2.91. The first kappa shape index (κ1) is 12.4. The number of aryl methyl sites for hydroxylation is 1. The average Bonchev–Trinajstić information content (AvgIpc) is 2.24. The van der Waals surface area contributed by atoms with Crippen LogP contribution in [0.3, 0.4) is 0 Å². The zero-order valence-electron chi connectivity index (χ0n) is 9.46. The Bertz CT molecular complexity index is 383. The average molecular weight is 273 g/mol. The summed E-state index contributed by atoms with van der Waals surface area (Å²) in [5, 5.41) is 0. The van der Waals surface area contributed by atoms with E-state index < -0.39 is 0 Å². The first-order chi connectivity index (χ1) is 7.10. The number of rotatable bonds is 4. The highest BCUT2D eigenvalue weighted by Crippen LogP contribution is 2.11. The number of hydrogen-bond donors (Lipinski definition) is 0. The number of nitrogens with zero attached hydrogens (tertiary/aromatic N) is 2. The fourth-order valence-electron chi connectivity index (χ4n) is 1.57. The van der Waals surface area contributed by atoms with Crippen LogP contribution in [0.1, 0.15) is 32.5 Å². The van der Waals surface area contributed by atoms with Gasteiger partial charge in [-0.15, -0.1) is 0 Å². The zero-order valence-corrected chi connectivity index (χ0v) is 11.0. The van der Waals surface area contributed by atoms with Crippen molar-refractivity contribution in [2.24, 2.45) is 5.92 Å². The molecule has 0 radical (unpaired) electrons. The number of aromatic nitrogens is 2. The van der Waals surface area contributed by atoms with Crippen molar-refractivity contribution in [3.63, 3.8) is 0 Å². The van der Waals surface area contributed by atoms with Gasteiger partial charge in [-0.1, -0.05) is 26.7 Å². The molecule has 1 rings (SSSR count). The van der Waals surface area contributed by atoms with Gasteiger partial charge in [0.25, 0.3) is 5.56 Å². The molecule has 0 amide bonds. The molecular weight excluding hydrogens is 256 g/mol. The molecule has 0 fully saturated rings. The molecule has 1 heterocycles. The topological polar surface area (TPSA) is 34.9 Å². The first-order valence-electron chi connectivity index (χ1n) is 5.32. The maximum absolute atomic E-state index is 11.8. The minimum absolute atomic E-state index is 0.0226. The predicted molar refractivity (Wildman–Crippen MR) is 65.0 cm³/mol. The van der Waals surface area contributed by atoms with Crippen LogP contribution >= 0.6 is 15.9 Å². The molecule has 84 valence electrons. The quantitative estimate of drug-likeness (QED) is 0.845. The van der Waals surface area contributed by atoms with E-state index in [1.165, 1.54) is 0 Å². The number of hydrogen-bond acceptors (Lipinski definition) is 2. The van der Waals surface area contributed by atoms with Crippen LogP contribution in [0.15, 0.2) is 15.5 Å². The van der Waals surface area contributed by atoms with Gasteiger partial charge >= 0.3 is 0 Å². The molecule has 0 atom stereocenters. The summed E-state index contributed by atoms with van der Waals surface area (Å²) >= 11 is 3.22. The van der Waals surface area contributed by atoms with Crippen LogP contribution in [0, 0.1) is 12.8 Å². The van der Waals surface area contributed by atoms with E-state index in [-0.39, 0.29) is 5.56 Å². The Balaban J connectivity index is 3.03. The highest BCUT2D eigenvalue weighted by atomic mass is 79.9. The molecule has 0 aliphatic heterocycles. The van der Waals surface area contributed by atoms with Crippen LogP contribution in [0.2, 0.25) is 0 Å². The summed E-state index contributed by atoms with van der Waals surface area (Å²) in [7, 11) is 0. The van der Waals surface area contributed by atoms with E-state index in [1.807, 2.05) is 6.92 Å². The van der Waals surface area contributed by atoms with Gasteiger partial charge in [-0.3, -0.25) is 9.36 Å². The highest BCUT2D eigenvalue weighted by molar-refractivity contribution is 9.10. The summed E-state index contributed by atoms with van der Waals surface area (Å²) in [5.41, 5.74) is 0.0226. The Hall–Kier alpha value is -0.640. The Morgan fingerprint density at radius 1 is 1.47 bits per heavy atom. The molecule has 4 heteroatoms. The third-order valence-electron chi connectivity index (χ3n) is 2.80. The molecule has 0 aliphatic rings. The summed E-state index contributed by atoms with van der Waals surface area (Å²) in [6, 6.07) is 0. The van der Waals surface area contributed by atoms with Gasteiger partial charge in [0, 0.05) is 12.7 Å². The van der Waals surface area contributed by atoms with Crippen LogP contribution in [0.25, 0.3) is 0 Å². The van der Waals surface area contributed by atoms with Crippen LogP contribution in [0.4, 0.5) is 0 Å². The molecule has 0 unspecified atom stereocenters. The lowest BCUT2D eigenvalue weighted by molar-refractivity contribution is 0.403. The second-order valence-corrected chi connectivity index (χ2v) is 4.61. The van der Waals surface area contributed by atoms with E-state index in [1.54, 1.807) is 10.8 Å². The van der Waals surface area contributed by atoms with E-state index in [0.717, 1.165) is 25.2 Å². The first-order valence-corrected chi connectivity index (χ1v) is 6.11. The third-order valence-corrected chi connectivity index (χ3v) is 3.34. The Morgan fingerprint density at radius 3 is 2.60 bits per heavy atom. The van der Waals surface area contributed by atoms with Crippen molar-refractivity contribution in [3.05, 3.63) is 26.8 Å². The van der Waals surface area contributed by atoms with Crippen LogP contribution < -0.4 is 5.56 Å². The Morgan fingerprint density at radius 2 is 2.07 bits per heavy atom. The lowest BCUT2D eigenvalue weighted by Gasteiger charge is -2.16. The summed E-state index contributed by atoms with van der Waals surface area (Å²) in [6.07, 6.45) is 3.75. The fraction of sp³-hybridized carbons (Fsp3) is 0.636. The predicted octanol–water partition coefficient (Wildman–Crippen LogP) is 2.75. The van der Waals surface area contributed by atoms with Crippen LogP contribution in [-0.2, 0) is 6.54 Å². The van der Waals surface area contributed by atoms with E-state index in [9.17, 15) is 4.79 Å². The lowest BCUT2D eigenvalue weighted by atomic mass is 10.0. The van der Waals surface area contributed by atoms with Crippen molar-refractivity contribution >= 4 is 15.9 Å². The maximum Gasteiger partial charge on any atom is 0.267 e. The van der Waals surface area contributed by atoms with Crippen LogP contribution in [0.5, 0.6) is 0 Å². The highest BCUT2D eigenvalue weighted by Gasteiger charge is 2.10. The smallest absolute Gasteiger partial charge is 0.267 e. The van der Waals surface area contributed by atoms with Crippen molar-refractivity contribution < 1.29 is 0 Å². The van der Waals surface area contributed by atoms with Gasteiger partial charge in [0.15, 0.2) is 0 Å². The minimum Gasteiger partial charge on any atom is -0.296 e. The molecular formula is C11H17BrN2O. The van der Waals surface area contributed by atoms with Crippen molar-refractivity contribution in [2.45, 2.75) is 40.2 Å². The molecule has 0 aromatic carbocycles. The van der Waals surface area contributed by atoms with Crippen molar-refractivity contribution in [2.75, 3.05) is 0 Å². The van der Waals surface area contributed by atoms with Crippen molar-refractivity contribution in [1.82, 2.24) is 9.55 Å². The van der Waals surface area contributed by atoms with Gasteiger partial charge in [0.1, 0.15) is 10.3 Å². The Kier molecular flexibility index (Phi) is 4.51. The summed E-state index contributed by atoms with van der Waals surface area (Å²) in [5.74, 6) is 1.34. The lowest BCUT2D eigenvalue weighted by Crippen LogP contribution is -2.27. The Labute approximate surface area is 98.7 Å². The van der Waals surface area contributed by atoms with Gasteiger partial charge in [-0.2, -0.15) is 0 Å². The van der Waals surface area contributed by atoms with E-state index in [0.29, 0.717) is 10.4 Å². The molecule has 0 spiro atoms. The standard InChI is InChI=1S/C11H17BrN2O/c1-4-9(5-2)7-14-8(3)13-6-10(12)11(14)15/h6,9H,4-5,7H2,1-3H3. The zero-order chi connectivity index (χ0) is 11.4. The molecule has 0 saturated heterocycles. The van der Waals surface area contributed by atoms with Gasteiger partial charge in [-0.25, -0.2) is 4.98 Å². The van der Waals surface area contributed by atoms with Crippen molar-refractivity contribution in [3.8, 4) is 0 Å². The molecule has 0 bridgehead atoms. The SMILES string of the molecule is CCC(CC)Cn1c(C)ncc(Br)c1=O. The maximum atomic E-state index is 11.8. The summed E-state index contributed by atoms with van der Waals surface area (Å²) in [4.78, 5) is 16.0. The summed E-state index contributed by atoms with van der Waals surface area (Å²) in [6.45, 7) is 6.94. The van der Waals surface area contributed by atoms with Crippen molar-refractivity contribution in [1.29, 1.82) is 0 Å². The minimum atomic E-state index is 0.0226. The molecule has 0 aliphatic carbocycles. The molecule has 0 saturated carbocycles. The molecule has 15 heavy (non-hydrogen) atoms. The summed E-state index contributed by atoms with van der Waals surface area (Å²) < 4.78 is 2.29. The van der Waals surface area contributed by atoms with E-state index in [4.69, 9.17) is 0 Å². The van der Waals surface area contributed by atoms with Gasteiger partial charge in [0.05, 0.1) is 0 Å². The normalized spacial score (nSPS) is 11.0. The van der Waals surface area contributed by atoms with Gasteiger partial charge in [0.2, 0.25) is 0 Å². The molecule has 1 aromatic heterocycles. The molecule has 3 nitrogen and oxygen atoms in total.